The van der Waals surface area contributed by atoms with E-state index in [-0.39, 0.29) is 17.4 Å². The van der Waals surface area contributed by atoms with Crippen molar-refractivity contribution in [2.45, 2.75) is 57.9 Å². The molecule has 0 spiro atoms. The summed E-state index contributed by atoms with van der Waals surface area (Å²) in [6.45, 7) is 9.74. The first kappa shape index (κ1) is 21.7. The Morgan fingerprint density at radius 2 is 1.66 bits per heavy atom. The van der Waals surface area contributed by atoms with Crippen LogP contribution in [0.1, 0.15) is 61.5 Å². The van der Waals surface area contributed by atoms with Crippen LogP contribution in [0.5, 0.6) is 0 Å². The number of likely N-dealkylation sites (tertiary alicyclic amines) is 1. The fourth-order valence-corrected chi connectivity index (χ4v) is 4.15. The number of hydrogen-bond acceptors (Lipinski definition) is 3. The molecule has 1 aliphatic rings. The van der Waals surface area contributed by atoms with Crippen LogP contribution in [0, 0.1) is 5.92 Å². The Morgan fingerprint density at radius 3 is 2.24 bits per heavy atom. The smallest absolute Gasteiger partial charge is 0.166 e. The molecule has 0 saturated carbocycles. The van der Waals surface area contributed by atoms with E-state index < -0.39 is 0 Å². The van der Waals surface area contributed by atoms with Crippen LogP contribution < -0.4 is 5.73 Å². The standard InChI is InChI=1S/C26H36N2O/c1-26(2,3)23-11-9-20(10-12-23)19-24(27)15-18-28-16-13-22(14-17-28)25(29)21-7-5-4-6-8-21/h4-12,22,24H,13-19,27H2,1-3H3. The van der Waals surface area contributed by atoms with E-state index in [1.165, 1.54) is 11.1 Å². The number of rotatable bonds is 7. The molecule has 1 heterocycles. The molecule has 3 heteroatoms. The molecule has 1 unspecified atom stereocenters. The quantitative estimate of drug-likeness (QED) is 0.686. The second kappa shape index (κ2) is 9.69. The Balaban J connectivity index is 1.40. The molecule has 1 fully saturated rings. The van der Waals surface area contributed by atoms with E-state index in [1.54, 1.807) is 0 Å². The molecular formula is C26H36N2O. The minimum Gasteiger partial charge on any atom is -0.327 e. The van der Waals surface area contributed by atoms with Gasteiger partial charge >= 0.3 is 0 Å². The number of nitrogens with two attached hydrogens (primary N) is 1. The Hall–Kier alpha value is -1.97. The first-order valence-corrected chi connectivity index (χ1v) is 11.0. The van der Waals surface area contributed by atoms with Gasteiger partial charge in [0.15, 0.2) is 5.78 Å². The van der Waals surface area contributed by atoms with Gasteiger partial charge in [0, 0.05) is 17.5 Å². The number of benzene rings is 2. The number of carbonyl (C=O) groups excluding carboxylic acids is 1. The molecule has 2 N–H and O–H groups in total. The third-order valence-electron chi connectivity index (χ3n) is 6.15. The van der Waals surface area contributed by atoms with Crippen LogP contribution in [0.3, 0.4) is 0 Å². The van der Waals surface area contributed by atoms with Gasteiger partial charge in [0.2, 0.25) is 0 Å². The van der Waals surface area contributed by atoms with Gasteiger partial charge in [0.25, 0.3) is 0 Å². The lowest BCUT2D eigenvalue weighted by Crippen LogP contribution is -2.39. The second-order valence-electron chi connectivity index (χ2n) is 9.55. The van der Waals surface area contributed by atoms with Crippen molar-refractivity contribution in [3.05, 3.63) is 71.3 Å². The SMILES string of the molecule is CC(C)(C)c1ccc(CC(N)CCN2CCC(C(=O)c3ccccc3)CC2)cc1. The zero-order chi connectivity index (χ0) is 20.9. The molecule has 3 rings (SSSR count). The predicted molar refractivity (Wildman–Crippen MR) is 121 cm³/mol. The molecule has 29 heavy (non-hydrogen) atoms. The molecule has 3 nitrogen and oxygen atoms in total. The maximum Gasteiger partial charge on any atom is 0.166 e. The summed E-state index contributed by atoms with van der Waals surface area (Å²) in [7, 11) is 0. The molecule has 2 aromatic rings. The first-order chi connectivity index (χ1) is 13.8. The van der Waals surface area contributed by atoms with E-state index >= 15 is 0 Å². The molecule has 1 aliphatic heterocycles. The molecule has 1 saturated heterocycles. The lowest BCUT2D eigenvalue weighted by atomic mass is 9.86. The lowest BCUT2D eigenvalue weighted by Gasteiger charge is -2.32. The van der Waals surface area contributed by atoms with Gasteiger partial charge in [-0.2, -0.15) is 0 Å². The van der Waals surface area contributed by atoms with Crippen LogP contribution in [0.15, 0.2) is 54.6 Å². The van der Waals surface area contributed by atoms with Gasteiger partial charge in [-0.15, -0.1) is 0 Å². The molecule has 2 aromatic carbocycles. The summed E-state index contributed by atoms with van der Waals surface area (Å²) in [6, 6.07) is 18.8. The number of carbonyl (C=O) groups is 1. The van der Waals surface area contributed by atoms with E-state index in [0.717, 1.165) is 50.9 Å². The van der Waals surface area contributed by atoms with E-state index in [4.69, 9.17) is 5.73 Å². The van der Waals surface area contributed by atoms with Crippen LogP contribution >= 0.6 is 0 Å². The maximum absolute atomic E-state index is 12.6. The molecule has 0 aliphatic carbocycles. The fraction of sp³-hybridized carbons (Fsp3) is 0.500. The molecule has 0 aromatic heterocycles. The zero-order valence-electron chi connectivity index (χ0n) is 18.2. The Morgan fingerprint density at radius 1 is 1.03 bits per heavy atom. The van der Waals surface area contributed by atoms with E-state index in [1.807, 2.05) is 30.3 Å². The zero-order valence-corrected chi connectivity index (χ0v) is 18.2. The van der Waals surface area contributed by atoms with Crippen molar-refractivity contribution >= 4 is 5.78 Å². The molecule has 0 bridgehead atoms. The monoisotopic (exact) mass is 392 g/mol. The minimum absolute atomic E-state index is 0.170. The third kappa shape index (κ3) is 6.25. The third-order valence-corrected chi connectivity index (χ3v) is 6.15. The van der Waals surface area contributed by atoms with Crippen molar-refractivity contribution < 1.29 is 4.79 Å². The Kier molecular flexibility index (Phi) is 7.26. The number of Topliss-reactive ketones (excluding diaryl/α,β-unsaturated/α-hetero) is 1. The van der Waals surface area contributed by atoms with Gasteiger partial charge in [-0.25, -0.2) is 0 Å². The molecule has 156 valence electrons. The van der Waals surface area contributed by atoms with Crippen molar-refractivity contribution in [1.29, 1.82) is 0 Å². The van der Waals surface area contributed by atoms with Gasteiger partial charge in [-0.3, -0.25) is 4.79 Å². The maximum atomic E-state index is 12.6. The largest absolute Gasteiger partial charge is 0.327 e. The van der Waals surface area contributed by atoms with Crippen LogP contribution in [-0.2, 0) is 11.8 Å². The second-order valence-corrected chi connectivity index (χ2v) is 9.55. The van der Waals surface area contributed by atoms with Gasteiger partial charge in [-0.05, 0) is 61.9 Å². The van der Waals surface area contributed by atoms with Crippen molar-refractivity contribution in [2.75, 3.05) is 19.6 Å². The van der Waals surface area contributed by atoms with Gasteiger partial charge in [0.1, 0.15) is 0 Å². The number of piperidine rings is 1. The van der Waals surface area contributed by atoms with Crippen molar-refractivity contribution in [1.82, 2.24) is 4.90 Å². The van der Waals surface area contributed by atoms with E-state index in [9.17, 15) is 4.79 Å². The van der Waals surface area contributed by atoms with Crippen LogP contribution in [0.4, 0.5) is 0 Å². The summed E-state index contributed by atoms with van der Waals surface area (Å²) in [5.74, 6) is 0.476. The Bertz CT molecular complexity index is 769. The van der Waals surface area contributed by atoms with Gasteiger partial charge in [-0.1, -0.05) is 75.4 Å². The normalized spacial score (nSPS) is 17.2. The van der Waals surface area contributed by atoms with Crippen LogP contribution in [0.25, 0.3) is 0 Å². The Labute approximate surface area is 176 Å². The van der Waals surface area contributed by atoms with Crippen molar-refractivity contribution in [2.24, 2.45) is 11.7 Å². The average molecular weight is 393 g/mol. The highest BCUT2D eigenvalue weighted by Gasteiger charge is 2.25. The fourth-order valence-electron chi connectivity index (χ4n) is 4.15. The lowest BCUT2D eigenvalue weighted by molar-refractivity contribution is 0.0837. The highest BCUT2D eigenvalue weighted by atomic mass is 16.1. The topological polar surface area (TPSA) is 46.3 Å². The number of ketones is 1. The molecule has 0 amide bonds. The van der Waals surface area contributed by atoms with Gasteiger partial charge in [0.05, 0.1) is 0 Å². The van der Waals surface area contributed by atoms with Gasteiger partial charge < -0.3 is 10.6 Å². The van der Waals surface area contributed by atoms with E-state index in [2.05, 4.69) is 49.9 Å². The summed E-state index contributed by atoms with van der Waals surface area (Å²) in [6.07, 6.45) is 3.83. The summed E-state index contributed by atoms with van der Waals surface area (Å²) in [5.41, 5.74) is 10.1. The number of hydrogen-bond donors (Lipinski definition) is 1. The average Bonchev–Trinajstić information content (AvgIpc) is 2.72. The minimum atomic E-state index is 0.170. The van der Waals surface area contributed by atoms with Crippen LogP contribution in [-0.4, -0.2) is 36.4 Å². The molecule has 1 atom stereocenters. The number of nitrogens with zero attached hydrogens (tertiary/aromatic N) is 1. The van der Waals surface area contributed by atoms with Crippen LogP contribution in [0.2, 0.25) is 0 Å². The first-order valence-electron chi connectivity index (χ1n) is 11.0. The predicted octanol–water partition coefficient (Wildman–Crippen LogP) is 4.84. The summed E-state index contributed by atoms with van der Waals surface area (Å²) in [5, 5.41) is 0. The van der Waals surface area contributed by atoms with Crippen molar-refractivity contribution in [3.63, 3.8) is 0 Å². The molecular weight excluding hydrogens is 356 g/mol. The highest BCUT2D eigenvalue weighted by Crippen LogP contribution is 2.23. The highest BCUT2D eigenvalue weighted by molar-refractivity contribution is 5.97. The summed E-state index contributed by atoms with van der Waals surface area (Å²) >= 11 is 0. The summed E-state index contributed by atoms with van der Waals surface area (Å²) in [4.78, 5) is 15.1. The van der Waals surface area contributed by atoms with E-state index in [0.29, 0.717) is 5.78 Å². The molecule has 0 radical (unpaired) electrons. The summed E-state index contributed by atoms with van der Waals surface area (Å²) < 4.78 is 0. The van der Waals surface area contributed by atoms with Crippen molar-refractivity contribution in [3.8, 4) is 0 Å².